The molecule has 0 bridgehead atoms. The van der Waals surface area contributed by atoms with Crippen molar-refractivity contribution in [1.82, 2.24) is 4.98 Å². The Kier molecular flexibility index (Phi) is 3.41. The summed E-state index contributed by atoms with van der Waals surface area (Å²) < 4.78 is 7.35. The summed E-state index contributed by atoms with van der Waals surface area (Å²) in [7, 11) is 0. The van der Waals surface area contributed by atoms with Gasteiger partial charge in [0.15, 0.2) is 4.67 Å². The Morgan fingerprint density at radius 2 is 2.11 bits per heavy atom. The minimum absolute atomic E-state index is 0.183. The van der Waals surface area contributed by atoms with E-state index in [-0.39, 0.29) is 5.38 Å². The lowest BCUT2D eigenvalue weighted by atomic mass is 10.2. The van der Waals surface area contributed by atoms with Crippen molar-refractivity contribution in [2.45, 2.75) is 11.8 Å². The molecule has 0 fully saturated rings. The number of hydrogen-bond acceptors (Lipinski definition) is 3. The van der Waals surface area contributed by atoms with Crippen molar-refractivity contribution in [3.63, 3.8) is 0 Å². The van der Waals surface area contributed by atoms with Gasteiger partial charge in [0.2, 0.25) is 0 Å². The van der Waals surface area contributed by atoms with Crippen LogP contribution in [0.15, 0.2) is 45.5 Å². The van der Waals surface area contributed by atoms with Crippen molar-refractivity contribution < 1.29 is 4.42 Å². The van der Waals surface area contributed by atoms with Gasteiger partial charge < -0.3 is 4.42 Å². The lowest BCUT2D eigenvalue weighted by Crippen LogP contribution is -1.93. The van der Waals surface area contributed by atoms with Crippen LogP contribution >= 0.6 is 38.9 Å². The first kappa shape index (κ1) is 12.2. The molecule has 2 aromatic heterocycles. The van der Waals surface area contributed by atoms with Gasteiger partial charge in [0.25, 0.3) is 0 Å². The first-order valence-electron chi connectivity index (χ1n) is 5.46. The quantitative estimate of drug-likeness (QED) is 0.613. The number of fused-ring (bicyclic) bond motifs is 1. The molecule has 3 rings (SSSR count). The lowest BCUT2D eigenvalue weighted by molar-refractivity contribution is 0.481. The molecule has 18 heavy (non-hydrogen) atoms. The number of nitrogens with zero attached hydrogens (tertiary/aromatic N) is 1. The summed E-state index contributed by atoms with van der Waals surface area (Å²) in [5.41, 5.74) is 1.03. The fraction of sp³-hybridized carbons (Fsp3) is 0.154. The Balaban J connectivity index is 1.83. The molecule has 3 aromatic rings. The third-order valence-corrected chi connectivity index (χ3v) is 4.45. The average molecular weight is 343 g/mol. The molecule has 0 radical (unpaired) electrons. The normalized spacial score (nSPS) is 13.0. The van der Waals surface area contributed by atoms with Crippen LogP contribution in [0.3, 0.4) is 0 Å². The highest BCUT2D eigenvalue weighted by Gasteiger charge is 2.15. The Morgan fingerprint density at radius 1 is 1.28 bits per heavy atom. The van der Waals surface area contributed by atoms with Crippen LogP contribution in [0.5, 0.6) is 0 Å². The zero-order valence-electron chi connectivity index (χ0n) is 9.27. The fourth-order valence-electron chi connectivity index (χ4n) is 1.76. The highest BCUT2D eigenvalue weighted by atomic mass is 79.9. The molecule has 0 saturated carbocycles. The Bertz CT molecular complexity index is 645. The zero-order chi connectivity index (χ0) is 12.5. The molecule has 0 aliphatic heterocycles. The summed E-state index contributed by atoms with van der Waals surface area (Å²) in [4.78, 5) is 4.57. The van der Waals surface area contributed by atoms with E-state index in [0.29, 0.717) is 11.1 Å². The first-order chi connectivity index (χ1) is 8.72. The molecule has 5 heteroatoms. The molecular weight excluding hydrogens is 334 g/mol. The van der Waals surface area contributed by atoms with Crippen LogP contribution in [0.25, 0.3) is 10.2 Å². The summed E-state index contributed by atoms with van der Waals surface area (Å²) in [5, 5.41) is 0.848. The number of para-hydroxylation sites is 1. The standard InChI is InChI=1S/C13H9BrClNOS/c14-12-6-5-10(17-12)8(15)7-13-16-9-3-1-2-4-11(9)18-13/h1-6,8H,7H2. The Labute approximate surface area is 122 Å². The number of hydrogen-bond donors (Lipinski definition) is 0. The minimum atomic E-state index is -0.183. The van der Waals surface area contributed by atoms with Gasteiger partial charge in [0.1, 0.15) is 5.76 Å². The van der Waals surface area contributed by atoms with Gasteiger partial charge in [0.05, 0.1) is 20.6 Å². The van der Waals surface area contributed by atoms with Gasteiger partial charge in [-0.05, 0) is 40.2 Å². The molecule has 0 aliphatic rings. The molecule has 1 unspecified atom stereocenters. The van der Waals surface area contributed by atoms with E-state index in [4.69, 9.17) is 16.0 Å². The van der Waals surface area contributed by atoms with Crippen molar-refractivity contribution in [3.8, 4) is 0 Å². The molecule has 0 saturated heterocycles. The number of halogens is 2. The van der Waals surface area contributed by atoms with Gasteiger partial charge in [-0.3, -0.25) is 0 Å². The molecule has 0 aliphatic carbocycles. The predicted octanol–water partition coefficient (Wildman–Crippen LogP) is 5.17. The van der Waals surface area contributed by atoms with Gasteiger partial charge in [0, 0.05) is 6.42 Å². The fourth-order valence-corrected chi connectivity index (χ4v) is 3.44. The second-order valence-corrected chi connectivity index (χ2v) is 6.31. The highest BCUT2D eigenvalue weighted by Crippen LogP contribution is 2.31. The van der Waals surface area contributed by atoms with Gasteiger partial charge in [-0.15, -0.1) is 22.9 Å². The minimum Gasteiger partial charge on any atom is -0.453 e. The molecule has 0 spiro atoms. The summed E-state index contributed by atoms with van der Waals surface area (Å²) in [6, 6.07) is 11.8. The number of thiazole rings is 1. The summed E-state index contributed by atoms with van der Waals surface area (Å²) in [5.74, 6) is 0.766. The summed E-state index contributed by atoms with van der Waals surface area (Å²) in [6.45, 7) is 0. The third-order valence-electron chi connectivity index (χ3n) is 2.59. The van der Waals surface area contributed by atoms with E-state index in [0.717, 1.165) is 16.3 Å². The van der Waals surface area contributed by atoms with Crippen molar-refractivity contribution in [2.24, 2.45) is 0 Å². The van der Waals surface area contributed by atoms with Gasteiger partial charge in [-0.25, -0.2) is 4.98 Å². The number of alkyl halides is 1. The second-order valence-electron chi connectivity index (χ2n) is 3.89. The third kappa shape index (κ3) is 2.46. The SMILES string of the molecule is ClC(Cc1nc2ccccc2s1)c1ccc(Br)o1. The van der Waals surface area contributed by atoms with E-state index in [1.165, 1.54) is 4.70 Å². The van der Waals surface area contributed by atoms with Gasteiger partial charge in [-0.1, -0.05) is 12.1 Å². The number of furan rings is 1. The van der Waals surface area contributed by atoms with Crippen molar-refractivity contribution >= 4 is 49.1 Å². The van der Waals surface area contributed by atoms with Crippen molar-refractivity contribution in [2.75, 3.05) is 0 Å². The zero-order valence-corrected chi connectivity index (χ0v) is 12.4. The molecule has 92 valence electrons. The van der Waals surface area contributed by atoms with E-state index in [2.05, 4.69) is 27.0 Å². The van der Waals surface area contributed by atoms with E-state index >= 15 is 0 Å². The molecular formula is C13H9BrClNOS. The monoisotopic (exact) mass is 341 g/mol. The maximum Gasteiger partial charge on any atom is 0.169 e. The van der Waals surface area contributed by atoms with Crippen LogP contribution in [-0.2, 0) is 6.42 Å². The largest absolute Gasteiger partial charge is 0.453 e. The number of benzene rings is 1. The summed E-state index contributed by atoms with van der Waals surface area (Å²) >= 11 is 11.3. The van der Waals surface area contributed by atoms with Crippen LogP contribution in [-0.4, -0.2) is 4.98 Å². The smallest absolute Gasteiger partial charge is 0.169 e. The molecule has 2 nitrogen and oxygen atoms in total. The highest BCUT2D eigenvalue weighted by molar-refractivity contribution is 9.10. The van der Waals surface area contributed by atoms with E-state index < -0.39 is 0 Å². The Hall–Kier alpha value is -0.840. The number of rotatable bonds is 3. The first-order valence-corrected chi connectivity index (χ1v) is 7.51. The molecule has 2 heterocycles. The van der Waals surface area contributed by atoms with E-state index in [1.54, 1.807) is 11.3 Å². The van der Waals surface area contributed by atoms with Crippen LogP contribution < -0.4 is 0 Å². The van der Waals surface area contributed by atoms with E-state index in [9.17, 15) is 0 Å². The molecule has 1 aromatic carbocycles. The van der Waals surface area contributed by atoms with Crippen LogP contribution in [0.2, 0.25) is 0 Å². The van der Waals surface area contributed by atoms with Crippen LogP contribution in [0, 0.1) is 0 Å². The summed E-state index contributed by atoms with van der Waals surface area (Å²) in [6.07, 6.45) is 0.681. The van der Waals surface area contributed by atoms with Crippen molar-refractivity contribution in [1.29, 1.82) is 0 Å². The number of aromatic nitrogens is 1. The second kappa shape index (κ2) is 5.03. The van der Waals surface area contributed by atoms with Crippen LogP contribution in [0.4, 0.5) is 0 Å². The Morgan fingerprint density at radius 3 is 2.83 bits per heavy atom. The van der Waals surface area contributed by atoms with Gasteiger partial charge in [-0.2, -0.15) is 0 Å². The molecule has 0 N–H and O–H groups in total. The maximum atomic E-state index is 6.33. The van der Waals surface area contributed by atoms with Gasteiger partial charge >= 0.3 is 0 Å². The topological polar surface area (TPSA) is 26.0 Å². The van der Waals surface area contributed by atoms with Crippen LogP contribution in [0.1, 0.15) is 16.1 Å². The molecule has 0 amide bonds. The average Bonchev–Trinajstić information content (AvgIpc) is 2.94. The molecule has 1 atom stereocenters. The maximum absolute atomic E-state index is 6.33. The van der Waals surface area contributed by atoms with E-state index in [1.807, 2.05) is 30.3 Å². The lowest BCUT2D eigenvalue weighted by Gasteiger charge is -2.02. The van der Waals surface area contributed by atoms with Crippen molar-refractivity contribution in [3.05, 3.63) is 51.8 Å². The predicted molar refractivity (Wildman–Crippen MR) is 78.3 cm³/mol.